The van der Waals surface area contributed by atoms with Crippen LogP contribution in [0.4, 0.5) is 0 Å². The fourth-order valence-corrected chi connectivity index (χ4v) is 2.73. The summed E-state index contributed by atoms with van der Waals surface area (Å²) in [6, 6.07) is 11.0. The first-order valence-electron chi connectivity index (χ1n) is 6.90. The van der Waals surface area contributed by atoms with Gasteiger partial charge in [-0.25, -0.2) is 4.79 Å². The number of halogens is 2. The number of terminal acetylenes is 1. The molecule has 6 heteroatoms. The van der Waals surface area contributed by atoms with E-state index < -0.39 is 5.97 Å². The van der Waals surface area contributed by atoms with Gasteiger partial charge in [-0.3, -0.25) is 0 Å². The van der Waals surface area contributed by atoms with Gasteiger partial charge in [-0.05, 0) is 45.8 Å². The van der Waals surface area contributed by atoms with E-state index in [0.717, 1.165) is 10.0 Å². The summed E-state index contributed by atoms with van der Waals surface area (Å²) < 4.78 is 17.7. The standard InChI is InChI=1S/C18H14Br2O4/c1-3-8-23-18(21)13-9-15(20)17(16(10-13)22-2)24-11-12-4-6-14(19)7-5-12/h1,4-7,9-10H,8,11H2,2H3. The molecule has 0 aliphatic rings. The lowest BCUT2D eigenvalue weighted by Gasteiger charge is -2.14. The van der Waals surface area contributed by atoms with Crippen LogP contribution in [0.25, 0.3) is 0 Å². The molecule has 2 aromatic rings. The van der Waals surface area contributed by atoms with Crippen molar-refractivity contribution in [3.63, 3.8) is 0 Å². The Bertz CT molecular complexity index is 764. The Hall–Kier alpha value is -1.97. The number of carbonyl (C=O) groups is 1. The van der Waals surface area contributed by atoms with Crippen molar-refractivity contribution in [3.8, 4) is 23.8 Å². The lowest BCUT2D eigenvalue weighted by atomic mass is 10.2. The molecule has 0 aliphatic carbocycles. The fraction of sp³-hybridized carbons (Fsp3) is 0.167. The largest absolute Gasteiger partial charge is 0.493 e. The highest BCUT2D eigenvalue weighted by Crippen LogP contribution is 2.37. The Labute approximate surface area is 157 Å². The first kappa shape index (κ1) is 18.4. The van der Waals surface area contributed by atoms with Crippen LogP contribution in [0.1, 0.15) is 15.9 Å². The minimum atomic E-state index is -0.522. The van der Waals surface area contributed by atoms with E-state index in [1.165, 1.54) is 7.11 Å². The molecular formula is C18H14Br2O4. The summed E-state index contributed by atoms with van der Waals surface area (Å²) in [5.41, 5.74) is 1.33. The van der Waals surface area contributed by atoms with Crippen LogP contribution in [0, 0.1) is 12.3 Å². The highest BCUT2D eigenvalue weighted by molar-refractivity contribution is 9.10. The predicted molar refractivity (Wildman–Crippen MR) is 98.3 cm³/mol. The molecule has 124 valence electrons. The SMILES string of the molecule is C#CCOC(=O)c1cc(Br)c(OCc2ccc(Br)cc2)c(OC)c1. The summed E-state index contributed by atoms with van der Waals surface area (Å²) in [5, 5.41) is 0. The van der Waals surface area contributed by atoms with Crippen LogP contribution >= 0.6 is 31.9 Å². The van der Waals surface area contributed by atoms with E-state index in [4.69, 9.17) is 20.6 Å². The molecule has 0 saturated carbocycles. The minimum absolute atomic E-state index is 0.0828. The number of hydrogen-bond donors (Lipinski definition) is 0. The van der Waals surface area contributed by atoms with Gasteiger partial charge in [0, 0.05) is 4.47 Å². The average Bonchev–Trinajstić information content (AvgIpc) is 2.59. The lowest BCUT2D eigenvalue weighted by Crippen LogP contribution is -2.07. The van der Waals surface area contributed by atoms with E-state index in [9.17, 15) is 4.79 Å². The third-order valence-electron chi connectivity index (χ3n) is 3.05. The Morgan fingerprint density at radius 1 is 1.21 bits per heavy atom. The van der Waals surface area contributed by atoms with Gasteiger partial charge in [-0.2, -0.15) is 0 Å². The second-order valence-corrected chi connectivity index (χ2v) is 6.45. The van der Waals surface area contributed by atoms with E-state index >= 15 is 0 Å². The molecule has 0 fully saturated rings. The molecule has 4 nitrogen and oxygen atoms in total. The minimum Gasteiger partial charge on any atom is -0.493 e. The molecule has 0 bridgehead atoms. The highest BCUT2D eigenvalue weighted by atomic mass is 79.9. The summed E-state index contributed by atoms with van der Waals surface area (Å²) in [6.07, 6.45) is 5.08. The maximum Gasteiger partial charge on any atom is 0.339 e. The van der Waals surface area contributed by atoms with Gasteiger partial charge >= 0.3 is 5.97 Å². The Morgan fingerprint density at radius 3 is 2.54 bits per heavy atom. The van der Waals surface area contributed by atoms with E-state index in [0.29, 0.717) is 28.1 Å². The van der Waals surface area contributed by atoms with E-state index in [1.54, 1.807) is 12.1 Å². The van der Waals surface area contributed by atoms with E-state index in [2.05, 4.69) is 37.8 Å². The third-order valence-corrected chi connectivity index (χ3v) is 4.17. The molecule has 2 rings (SSSR count). The van der Waals surface area contributed by atoms with Crippen molar-refractivity contribution in [2.75, 3.05) is 13.7 Å². The van der Waals surface area contributed by atoms with Crippen LogP contribution in [-0.2, 0) is 11.3 Å². The van der Waals surface area contributed by atoms with Gasteiger partial charge in [0.05, 0.1) is 17.1 Å². The molecule has 0 heterocycles. The Morgan fingerprint density at radius 2 is 1.92 bits per heavy atom. The zero-order valence-electron chi connectivity index (χ0n) is 12.8. The quantitative estimate of drug-likeness (QED) is 0.474. The predicted octanol–water partition coefficient (Wildman–Crippen LogP) is 4.59. The molecular weight excluding hydrogens is 440 g/mol. The van der Waals surface area contributed by atoms with Crippen LogP contribution in [-0.4, -0.2) is 19.7 Å². The van der Waals surface area contributed by atoms with Gasteiger partial charge < -0.3 is 14.2 Å². The molecule has 0 amide bonds. The topological polar surface area (TPSA) is 44.8 Å². The number of carbonyl (C=O) groups excluding carboxylic acids is 1. The average molecular weight is 454 g/mol. The Kier molecular flexibility index (Phi) is 6.71. The van der Waals surface area contributed by atoms with Crippen molar-refractivity contribution >= 4 is 37.8 Å². The molecule has 0 atom stereocenters. The van der Waals surface area contributed by atoms with Crippen molar-refractivity contribution < 1.29 is 19.0 Å². The van der Waals surface area contributed by atoms with Crippen LogP contribution in [0.5, 0.6) is 11.5 Å². The third kappa shape index (κ3) is 4.76. The van der Waals surface area contributed by atoms with Crippen LogP contribution < -0.4 is 9.47 Å². The summed E-state index contributed by atoms with van der Waals surface area (Å²) in [4.78, 5) is 11.9. The summed E-state index contributed by atoms with van der Waals surface area (Å²) in [7, 11) is 1.50. The molecule has 0 spiro atoms. The van der Waals surface area contributed by atoms with Gasteiger partial charge in [-0.1, -0.05) is 34.0 Å². The lowest BCUT2D eigenvalue weighted by molar-refractivity contribution is 0.0556. The molecule has 0 radical (unpaired) electrons. The number of ether oxygens (including phenoxy) is 3. The first-order chi connectivity index (χ1) is 11.5. The van der Waals surface area contributed by atoms with Gasteiger partial charge in [0.1, 0.15) is 6.61 Å². The number of benzene rings is 2. The normalized spacial score (nSPS) is 9.92. The van der Waals surface area contributed by atoms with Crippen LogP contribution in [0.3, 0.4) is 0 Å². The Balaban J connectivity index is 2.19. The number of rotatable bonds is 6. The zero-order valence-corrected chi connectivity index (χ0v) is 16.0. The van der Waals surface area contributed by atoms with Crippen molar-refractivity contribution in [3.05, 3.63) is 56.5 Å². The monoisotopic (exact) mass is 452 g/mol. The van der Waals surface area contributed by atoms with Crippen molar-refractivity contribution in [2.45, 2.75) is 6.61 Å². The molecule has 0 aliphatic heterocycles. The maximum absolute atomic E-state index is 11.9. The van der Waals surface area contributed by atoms with Gasteiger partial charge in [-0.15, -0.1) is 6.42 Å². The summed E-state index contributed by atoms with van der Waals surface area (Å²) in [5.74, 6) is 2.66. The maximum atomic E-state index is 11.9. The van der Waals surface area contributed by atoms with Crippen LogP contribution in [0.15, 0.2) is 45.3 Å². The number of hydrogen-bond acceptors (Lipinski definition) is 4. The van der Waals surface area contributed by atoms with E-state index in [1.807, 2.05) is 24.3 Å². The molecule has 0 unspecified atom stereocenters. The van der Waals surface area contributed by atoms with Gasteiger partial charge in [0.25, 0.3) is 0 Å². The molecule has 0 saturated heterocycles. The van der Waals surface area contributed by atoms with Crippen molar-refractivity contribution in [1.29, 1.82) is 0 Å². The summed E-state index contributed by atoms with van der Waals surface area (Å²) in [6.45, 7) is 0.281. The highest BCUT2D eigenvalue weighted by Gasteiger charge is 2.16. The summed E-state index contributed by atoms with van der Waals surface area (Å²) >= 11 is 6.79. The fourth-order valence-electron chi connectivity index (χ4n) is 1.90. The molecule has 0 N–H and O–H groups in total. The molecule has 2 aromatic carbocycles. The number of esters is 1. The second-order valence-electron chi connectivity index (χ2n) is 4.68. The first-order valence-corrected chi connectivity index (χ1v) is 8.49. The second kappa shape index (κ2) is 8.76. The number of methoxy groups -OCH3 is 1. The smallest absolute Gasteiger partial charge is 0.339 e. The van der Waals surface area contributed by atoms with Crippen molar-refractivity contribution in [1.82, 2.24) is 0 Å². The van der Waals surface area contributed by atoms with Gasteiger partial charge in [0.2, 0.25) is 0 Å². The van der Waals surface area contributed by atoms with Crippen LogP contribution in [0.2, 0.25) is 0 Å². The van der Waals surface area contributed by atoms with Crippen molar-refractivity contribution in [2.24, 2.45) is 0 Å². The molecule has 24 heavy (non-hydrogen) atoms. The molecule has 0 aromatic heterocycles. The van der Waals surface area contributed by atoms with E-state index in [-0.39, 0.29) is 6.61 Å². The zero-order chi connectivity index (χ0) is 17.5. The van der Waals surface area contributed by atoms with Gasteiger partial charge in [0.15, 0.2) is 18.1 Å².